The van der Waals surface area contributed by atoms with Crippen LogP contribution in [0.3, 0.4) is 0 Å². The van der Waals surface area contributed by atoms with Gasteiger partial charge in [-0.2, -0.15) is 0 Å². The molecule has 0 heterocycles. The Morgan fingerprint density at radius 3 is 2.19 bits per heavy atom. The van der Waals surface area contributed by atoms with Gasteiger partial charge in [0, 0.05) is 6.54 Å². The first kappa shape index (κ1) is 24.2. The SMILES string of the molecule is C=CCOC(=O)NCCOC(C)(C)C(=O)C(C)OC(C)(C)C(=O)C(C)O. The van der Waals surface area contributed by atoms with Crippen molar-refractivity contribution in [2.24, 2.45) is 0 Å². The molecular formula is C18H31NO7. The van der Waals surface area contributed by atoms with Gasteiger partial charge < -0.3 is 24.6 Å². The van der Waals surface area contributed by atoms with Crippen molar-refractivity contribution in [3.63, 3.8) is 0 Å². The van der Waals surface area contributed by atoms with E-state index < -0.39 is 35.3 Å². The van der Waals surface area contributed by atoms with E-state index in [0.717, 1.165) is 0 Å². The number of aliphatic hydroxyl groups is 1. The van der Waals surface area contributed by atoms with Crippen LogP contribution in [-0.2, 0) is 23.8 Å². The lowest BCUT2D eigenvalue weighted by molar-refractivity contribution is -0.169. The quantitative estimate of drug-likeness (QED) is 0.393. The second-order valence-electron chi connectivity index (χ2n) is 6.85. The molecule has 8 nitrogen and oxygen atoms in total. The molecule has 0 aromatic heterocycles. The number of ether oxygens (including phenoxy) is 3. The minimum Gasteiger partial charge on any atom is -0.445 e. The molecule has 2 atom stereocenters. The number of aliphatic hydroxyl groups excluding tert-OH is 1. The molecule has 0 bridgehead atoms. The number of rotatable bonds is 12. The van der Waals surface area contributed by atoms with Gasteiger partial charge >= 0.3 is 6.09 Å². The van der Waals surface area contributed by atoms with Crippen LogP contribution >= 0.6 is 0 Å². The summed E-state index contributed by atoms with van der Waals surface area (Å²) in [6.07, 6.45) is -1.27. The third-order valence-corrected chi connectivity index (χ3v) is 3.57. The Bertz CT molecular complexity index is 512. The predicted molar refractivity (Wildman–Crippen MR) is 95.9 cm³/mol. The highest BCUT2D eigenvalue weighted by Crippen LogP contribution is 2.21. The molecule has 2 unspecified atom stereocenters. The molecule has 0 aliphatic rings. The molecule has 0 aromatic carbocycles. The summed E-state index contributed by atoms with van der Waals surface area (Å²) < 4.78 is 15.8. The number of ketones is 2. The molecule has 8 heteroatoms. The molecule has 2 N–H and O–H groups in total. The van der Waals surface area contributed by atoms with Crippen molar-refractivity contribution in [3.8, 4) is 0 Å². The summed E-state index contributed by atoms with van der Waals surface area (Å²) in [7, 11) is 0. The zero-order valence-corrected chi connectivity index (χ0v) is 16.5. The van der Waals surface area contributed by atoms with Gasteiger partial charge in [0.25, 0.3) is 0 Å². The topological polar surface area (TPSA) is 111 Å². The van der Waals surface area contributed by atoms with Gasteiger partial charge in [0.2, 0.25) is 0 Å². The monoisotopic (exact) mass is 373 g/mol. The molecule has 1 amide bonds. The summed E-state index contributed by atoms with van der Waals surface area (Å²) in [5.41, 5.74) is -2.49. The summed E-state index contributed by atoms with van der Waals surface area (Å²) in [6, 6.07) is 0. The van der Waals surface area contributed by atoms with E-state index in [1.165, 1.54) is 33.8 Å². The highest BCUT2D eigenvalue weighted by molar-refractivity contribution is 5.92. The fourth-order valence-electron chi connectivity index (χ4n) is 2.26. The minimum atomic E-state index is -1.31. The van der Waals surface area contributed by atoms with Gasteiger partial charge in [-0.1, -0.05) is 12.7 Å². The van der Waals surface area contributed by atoms with Crippen LogP contribution in [0.5, 0.6) is 0 Å². The largest absolute Gasteiger partial charge is 0.445 e. The molecule has 0 rings (SSSR count). The Labute approximate surface area is 154 Å². The molecule has 26 heavy (non-hydrogen) atoms. The first-order chi connectivity index (χ1) is 11.8. The van der Waals surface area contributed by atoms with E-state index in [4.69, 9.17) is 14.2 Å². The predicted octanol–water partition coefficient (Wildman–Crippen LogP) is 1.40. The van der Waals surface area contributed by atoms with Crippen LogP contribution in [0.4, 0.5) is 4.79 Å². The van der Waals surface area contributed by atoms with Crippen molar-refractivity contribution >= 4 is 17.7 Å². The Morgan fingerprint density at radius 1 is 1.12 bits per heavy atom. The Balaban J connectivity index is 4.54. The molecule has 0 saturated carbocycles. The second-order valence-corrected chi connectivity index (χ2v) is 6.85. The Hall–Kier alpha value is -1.77. The standard InChI is InChI=1S/C18H31NO7/c1-8-10-24-16(23)19-9-11-25-17(4,5)15(22)13(3)26-18(6,7)14(21)12(2)20/h8,12-13,20H,1,9-11H2,2-7H3,(H,19,23). The van der Waals surface area contributed by atoms with Gasteiger partial charge in [-0.15, -0.1) is 0 Å². The highest BCUT2D eigenvalue weighted by Gasteiger charge is 2.39. The first-order valence-electron chi connectivity index (χ1n) is 8.45. The normalized spacial score (nSPS) is 14.3. The summed E-state index contributed by atoms with van der Waals surface area (Å²) in [5, 5.41) is 11.9. The number of Topliss-reactive ketones (excluding diaryl/α,β-unsaturated/α-hetero) is 2. The van der Waals surface area contributed by atoms with Gasteiger partial charge in [0.15, 0.2) is 11.6 Å². The zero-order valence-electron chi connectivity index (χ0n) is 16.5. The van der Waals surface area contributed by atoms with Gasteiger partial charge in [-0.3, -0.25) is 9.59 Å². The third-order valence-electron chi connectivity index (χ3n) is 3.57. The molecular weight excluding hydrogens is 342 g/mol. The van der Waals surface area contributed by atoms with Crippen LogP contribution in [0, 0.1) is 0 Å². The summed E-state index contributed by atoms with van der Waals surface area (Å²) in [5.74, 6) is -0.878. The van der Waals surface area contributed by atoms with E-state index in [2.05, 4.69) is 11.9 Å². The Kier molecular flexibility index (Phi) is 9.69. The number of alkyl carbamates (subject to hydrolysis) is 1. The van der Waals surface area contributed by atoms with E-state index in [1.807, 2.05) is 0 Å². The molecule has 0 saturated heterocycles. The van der Waals surface area contributed by atoms with E-state index in [1.54, 1.807) is 13.8 Å². The van der Waals surface area contributed by atoms with Crippen molar-refractivity contribution in [1.82, 2.24) is 5.32 Å². The number of nitrogens with one attached hydrogen (secondary N) is 1. The van der Waals surface area contributed by atoms with Crippen LogP contribution in [0.2, 0.25) is 0 Å². The van der Waals surface area contributed by atoms with Crippen LogP contribution in [0.1, 0.15) is 41.5 Å². The van der Waals surface area contributed by atoms with Gasteiger partial charge in [-0.25, -0.2) is 4.79 Å². The number of amides is 1. The summed E-state index contributed by atoms with van der Waals surface area (Å²) in [4.78, 5) is 35.8. The van der Waals surface area contributed by atoms with E-state index in [9.17, 15) is 19.5 Å². The number of hydrogen-bond acceptors (Lipinski definition) is 7. The van der Waals surface area contributed by atoms with Crippen molar-refractivity contribution in [2.75, 3.05) is 19.8 Å². The van der Waals surface area contributed by atoms with Crippen molar-refractivity contribution < 1.29 is 33.7 Å². The minimum absolute atomic E-state index is 0.0879. The average Bonchev–Trinajstić information content (AvgIpc) is 2.54. The fourth-order valence-corrected chi connectivity index (χ4v) is 2.26. The summed E-state index contributed by atoms with van der Waals surface area (Å²) in [6.45, 7) is 12.8. The lowest BCUT2D eigenvalue weighted by atomic mass is 9.96. The average molecular weight is 373 g/mol. The van der Waals surface area contributed by atoms with Crippen LogP contribution in [0.15, 0.2) is 12.7 Å². The number of hydrogen-bond donors (Lipinski definition) is 2. The van der Waals surface area contributed by atoms with E-state index in [0.29, 0.717) is 0 Å². The summed E-state index contributed by atoms with van der Waals surface area (Å²) >= 11 is 0. The van der Waals surface area contributed by atoms with Crippen LogP contribution in [0.25, 0.3) is 0 Å². The third kappa shape index (κ3) is 8.07. The van der Waals surface area contributed by atoms with Crippen molar-refractivity contribution in [2.45, 2.75) is 65.0 Å². The second kappa shape index (κ2) is 10.4. The Morgan fingerprint density at radius 2 is 1.69 bits per heavy atom. The maximum absolute atomic E-state index is 12.6. The van der Waals surface area contributed by atoms with E-state index in [-0.39, 0.29) is 25.5 Å². The van der Waals surface area contributed by atoms with Gasteiger partial charge in [0.05, 0.1) is 6.61 Å². The van der Waals surface area contributed by atoms with Gasteiger partial charge in [0.1, 0.15) is 30.0 Å². The lowest BCUT2D eigenvalue weighted by Gasteiger charge is -2.32. The number of carbonyl (C=O) groups is 3. The molecule has 0 fully saturated rings. The van der Waals surface area contributed by atoms with Crippen LogP contribution < -0.4 is 5.32 Å². The fraction of sp³-hybridized carbons (Fsp3) is 0.722. The maximum atomic E-state index is 12.6. The molecule has 0 aromatic rings. The molecule has 0 aliphatic carbocycles. The molecule has 0 radical (unpaired) electrons. The lowest BCUT2D eigenvalue weighted by Crippen LogP contribution is -2.49. The van der Waals surface area contributed by atoms with Crippen molar-refractivity contribution in [3.05, 3.63) is 12.7 Å². The smallest absolute Gasteiger partial charge is 0.407 e. The zero-order chi connectivity index (χ0) is 20.5. The molecule has 150 valence electrons. The van der Waals surface area contributed by atoms with Crippen LogP contribution in [-0.4, -0.2) is 65.9 Å². The highest BCUT2D eigenvalue weighted by atomic mass is 16.6. The van der Waals surface area contributed by atoms with E-state index >= 15 is 0 Å². The molecule has 0 spiro atoms. The van der Waals surface area contributed by atoms with Gasteiger partial charge in [-0.05, 0) is 41.5 Å². The molecule has 0 aliphatic heterocycles. The number of carbonyl (C=O) groups excluding carboxylic acids is 3. The first-order valence-corrected chi connectivity index (χ1v) is 8.45. The maximum Gasteiger partial charge on any atom is 0.407 e. The van der Waals surface area contributed by atoms with Crippen molar-refractivity contribution in [1.29, 1.82) is 0 Å².